The summed E-state index contributed by atoms with van der Waals surface area (Å²) < 4.78 is 0. The Morgan fingerprint density at radius 3 is 2.30 bits per heavy atom. The van der Waals surface area contributed by atoms with Crippen LogP contribution in [-0.2, 0) is 5.41 Å². The van der Waals surface area contributed by atoms with E-state index >= 15 is 0 Å². The Labute approximate surface area is 122 Å². The van der Waals surface area contributed by atoms with Crippen molar-refractivity contribution in [3.8, 4) is 5.75 Å². The van der Waals surface area contributed by atoms with E-state index in [1.165, 1.54) is 5.56 Å². The van der Waals surface area contributed by atoms with Gasteiger partial charge in [-0.25, -0.2) is 0 Å². The highest BCUT2D eigenvalue weighted by molar-refractivity contribution is 5.84. The minimum absolute atomic E-state index is 0.0207. The van der Waals surface area contributed by atoms with Crippen LogP contribution in [0.1, 0.15) is 51.3 Å². The topological polar surface area (TPSA) is 52.8 Å². The average molecular weight is 277 g/mol. The van der Waals surface area contributed by atoms with Crippen LogP contribution in [0.15, 0.2) is 17.1 Å². The maximum atomic E-state index is 10.2. The van der Waals surface area contributed by atoms with Gasteiger partial charge in [0.05, 0.1) is 12.6 Å². The zero-order chi connectivity index (χ0) is 15.5. The largest absolute Gasteiger partial charge is 0.507 e. The van der Waals surface area contributed by atoms with Crippen molar-refractivity contribution in [2.75, 3.05) is 6.61 Å². The standard InChI is InChI=1S/C17H27NO2/c1-11(2)15(10-19)18-9-13-8-14(17(4,5)6)7-12(3)16(13)20/h7-9,11,15,19-20H,10H2,1-6H3/t15-/m1/s1. The Hall–Kier alpha value is -1.35. The number of aliphatic hydroxyl groups excluding tert-OH is 1. The van der Waals surface area contributed by atoms with Gasteiger partial charge in [-0.15, -0.1) is 0 Å². The molecule has 0 aromatic heterocycles. The Morgan fingerprint density at radius 1 is 1.25 bits per heavy atom. The first kappa shape index (κ1) is 16.7. The lowest BCUT2D eigenvalue weighted by Gasteiger charge is -2.21. The molecule has 0 heterocycles. The van der Waals surface area contributed by atoms with Crippen molar-refractivity contribution in [1.82, 2.24) is 0 Å². The van der Waals surface area contributed by atoms with Crippen molar-refractivity contribution < 1.29 is 10.2 Å². The van der Waals surface area contributed by atoms with Crippen LogP contribution in [-0.4, -0.2) is 29.1 Å². The third kappa shape index (κ3) is 4.07. The van der Waals surface area contributed by atoms with Crippen LogP contribution in [0.2, 0.25) is 0 Å². The highest BCUT2D eigenvalue weighted by atomic mass is 16.3. The molecule has 0 saturated heterocycles. The van der Waals surface area contributed by atoms with Crippen LogP contribution in [0, 0.1) is 12.8 Å². The van der Waals surface area contributed by atoms with Crippen LogP contribution >= 0.6 is 0 Å². The maximum Gasteiger partial charge on any atom is 0.127 e. The summed E-state index contributed by atoms with van der Waals surface area (Å²) in [6.45, 7) is 12.4. The van der Waals surface area contributed by atoms with Crippen molar-refractivity contribution in [2.45, 2.75) is 53.0 Å². The lowest BCUT2D eigenvalue weighted by atomic mass is 9.85. The second-order valence-corrected chi connectivity index (χ2v) is 6.75. The Balaban J connectivity index is 3.18. The predicted molar refractivity (Wildman–Crippen MR) is 84.8 cm³/mol. The van der Waals surface area contributed by atoms with E-state index in [0.29, 0.717) is 5.56 Å². The lowest BCUT2D eigenvalue weighted by molar-refractivity contribution is 0.240. The van der Waals surface area contributed by atoms with Crippen molar-refractivity contribution >= 4 is 6.21 Å². The molecule has 1 aromatic rings. The van der Waals surface area contributed by atoms with E-state index < -0.39 is 0 Å². The molecule has 1 aromatic carbocycles. The molecule has 0 aliphatic carbocycles. The first-order valence-corrected chi connectivity index (χ1v) is 7.15. The number of hydrogen-bond acceptors (Lipinski definition) is 3. The van der Waals surface area contributed by atoms with Crippen LogP contribution in [0.5, 0.6) is 5.75 Å². The minimum Gasteiger partial charge on any atom is -0.507 e. The van der Waals surface area contributed by atoms with E-state index in [1.54, 1.807) is 6.21 Å². The molecule has 0 spiro atoms. The third-order valence-electron chi connectivity index (χ3n) is 3.56. The maximum absolute atomic E-state index is 10.2. The summed E-state index contributed by atoms with van der Waals surface area (Å²) in [7, 11) is 0. The molecular weight excluding hydrogens is 250 g/mol. The van der Waals surface area contributed by atoms with Crippen LogP contribution in [0.25, 0.3) is 0 Å². The van der Waals surface area contributed by atoms with Crippen molar-refractivity contribution in [2.24, 2.45) is 10.9 Å². The minimum atomic E-state index is -0.131. The Kier molecular flexibility index (Phi) is 5.35. The molecule has 112 valence electrons. The summed E-state index contributed by atoms with van der Waals surface area (Å²) in [6, 6.07) is 3.85. The van der Waals surface area contributed by atoms with Gasteiger partial charge in [-0.1, -0.05) is 40.7 Å². The highest BCUT2D eigenvalue weighted by Gasteiger charge is 2.17. The van der Waals surface area contributed by atoms with Gasteiger partial charge in [0, 0.05) is 11.8 Å². The number of aliphatic hydroxyl groups is 1. The quantitative estimate of drug-likeness (QED) is 0.828. The number of phenols is 1. The Bertz CT molecular complexity index is 484. The fraction of sp³-hybridized carbons (Fsp3) is 0.588. The molecule has 1 atom stereocenters. The zero-order valence-electron chi connectivity index (χ0n) is 13.4. The van der Waals surface area contributed by atoms with Crippen molar-refractivity contribution in [3.05, 3.63) is 28.8 Å². The smallest absolute Gasteiger partial charge is 0.127 e. The molecule has 3 heteroatoms. The van der Waals surface area contributed by atoms with Gasteiger partial charge in [-0.3, -0.25) is 4.99 Å². The molecular formula is C17H27NO2. The second-order valence-electron chi connectivity index (χ2n) is 6.75. The molecule has 2 N–H and O–H groups in total. The summed E-state index contributed by atoms with van der Waals surface area (Å²) in [5, 5.41) is 19.5. The van der Waals surface area contributed by atoms with E-state index in [-0.39, 0.29) is 29.7 Å². The molecule has 0 unspecified atom stereocenters. The van der Waals surface area contributed by atoms with Gasteiger partial charge in [0.15, 0.2) is 0 Å². The van der Waals surface area contributed by atoms with E-state index in [4.69, 9.17) is 0 Å². The zero-order valence-corrected chi connectivity index (χ0v) is 13.4. The van der Waals surface area contributed by atoms with Gasteiger partial charge in [-0.2, -0.15) is 0 Å². The summed E-state index contributed by atoms with van der Waals surface area (Å²) in [6.07, 6.45) is 1.68. The number of nitrogens with zero attached hydrogens (tertiary/aromatic N) is 1. The van der Waals surface area contributed by atoms with Crippen LogP contribution < -0.4 is 0 Å². The molecule has 3 nitrogen and oxygen atoms in total. The molecule has 0 aliphatic heterocycles. The molecule has 0 aliphatic rings. The van der Waals surface area contributed by atoms with Crippen LogP contribution in [0.3, 0.4) is 0 Å². The van der Waals surface area contributed by atoms with Crippen molar-refractivity contribution in [3.63, 3.8) is 0 Å². The molecule has 0 amide bonds. The van der Waals surface area contributed by atoms with E-state index in [1.807, 2.05) is 32.9 Å². The van der Waals surface area contributed by atoms with Gasteiger partial charge in [0.25, 0.3) is 0 Å². The van der Waals surface area contributed by atoms with Gasteiger partial charge >= 0.3 is 0 Å². The SMILES string of the molecule is Cc1cc(C(C)(C)C)cc(C=N[C@H](CO)C(C)C)c1O. The fourth-order valence-corrected chi connectivity index (χ4v) is 1.94. The molecule has 0 fully saturated rings. The van der Waals surface area contributed by atoms with Gasteiger partial charge in [0.2, 0.25) is 0 Å². The molecule has 0 radical (unpaired) electrons. The van der Waals surface area contributed by atoms with Gasteiger partial charge in [0.1, 0.15) is 5.75 Å². The summed E-state index contributed by atoms with van der Waals surface area (Å²) >= 11 is 0. The first-order chi connectivity index (χ1) is 9.16. The molecule has 0 saturated carbocycles. The molecule has 1 rings (SSSR count). The summed E-state index contributed by atoms with van der Waals surface area (Å²) in [4.78, 5) is 4.40. The summed E-state index contributed by atoms with van der Waals surface area (Å²) in [5.41, 5.74) is 2.76. The van der Waals surface area contributed by atoms with Crippen molar-refractivity contribution in [1.29, 1.82) is 0 Å². The Morgan fingerprint density at radius 2 is 1.85 bits per heavy atom. The van der Waals surface area contributed by atoms with E-state index in [2.05, 4.69) is 25.8 Å². The number of aryl methyl sites for hydroxylation is 1. The average Bonchev–Trinajstić information content (AvgIpc) is 2.33. The first-order valence-electron chi connectivity index (χ1n) is 7.15. The van der Waals surface area contributed by atoms with Crippen LogP contribution in [0.4, 0.5) is 0 Å². The number of rotatable bonds is 4. The molecule has 20 heavy (non-hydrogen) atoms. The third-order valence-corrected chi connectivity index (χ3v) is 3.56. The van der Waals surface area contributed by atoms with Gasteiger partial charge in [-0.05, 0) is 35.4 Å². The lowest BCUT2D eigenvalue weighted by Crippen LogP contribution is -2.18. The van der Waals surface area contributed by atoms with E-state index in [0.717, 1.165) is 5.56 Å². The number of hydrogen-bond donors (Lipinski definition) is 2. The molecule has 0 bridgehead atoms. The summed E-state index contributed by atoms with van der Waals surface area (Å²) in [5.74, 6) is 0.535. The number of benzene rings is 1. The fourth-order valence-electron chi connectivity index (χ4n) is 1.94. The number of phenolic OH excluding ortho intramolecular Hbond substituents is 1. The predicted octanol–water partition coefficient (Wildman–Crippen LogP) is 3.43. The number of aliphatic imine (C=N–C) groups is 1. The monoisotopic (exact) mass is 277 g/mol. The normalized spacial score (nSPS) is 14.2. The van der Waals surface area contributed by atoms with E-state index in [9.17, 15) is 10.2 Å². The van der Waals surface area contributed by atoms with Gasteiger partial charge < -0.3 is 10.2 Å². The second kappa shape index (κ2) is 6.40. The number of aromatic hydroxyl groups is 1. The highest BCUT2D eigenvalue weighted by Crippen LogP contribution is 2.29.